The van der Waals surface area contributed by atoms with E-state index in [2.05, 4.69) is 15.4 Å². The van der Waals surface area contributed by atoms with E-state index >= 15 is 0 Å². The molecule has 0 saturated carbocycles. The van der Waals surface area contributed by atoms with Gasteiger partial charge in [0.1, 0.15) is 12.1 Å². The van der Waals surface area contributed by atoms with E-state index in [1.165, 1.54) is 12.0 Å². The molecule has 2 N–H and O–H groups in total. The molecular weight excluding hydrogens is 366 g/mol. The maximum absolute atomic E-state index is 13.0. The lowest BCUT2D eigenvalue weighted by Gasteiger charge is -2.34. The fourth-order valence-electron chi connectivity index (χ4n) is 3.30. The van der Waals surface area contributed by atoms with Crippen molar-refractivity contribution >= 4 is 29.4 Å². The van der Waals surface area contributed by atoms with Gasteiger partial charge in [0.25, 0.3) is 11.8 Å². The molecule has 150 valence electrons. The Morgan fingerprint density at radius 2 is 2.18 bits per heavy atom. The van der Waals surface area contributed by atoms with Crippen LogP contribution in [0, 0.1) is 0 Å². The molecule has 0 spiro atoms. The molecular formula is C19H23N3O6. The van der Waals surface area contributed by atoms with Gasteiger partial charge in [0, 0.05) is 30.9 Å². The van der Waals surface area contributed by atoms with Gasteiger partial charge in [-0.1, -0.05) is 6.07 Å². The van der Waals surface area contributed by atoms with Crippen LogP contribution in [0.3, 0.4) is 0 Å². The van der Waals surface area contributed by atoms with E-state index < -0.39 is 29.9 Å². The zero-order valence-corrected chi connectivity index (χ0v) is 15.6. The van der Waals surface area contributed by atoms with E-state index in [0.717, 1.165) is 6.42 Å². The molecule has 28 heavy (non-hydrogen) atoms. The number of hydrogen-bond acceptors (Lipinski definition) is 6. The predicted molar refractivity (Wildman–Crippen MR) is 98.5 cm³/mol. The van der Waals surface area contributed by atoms with Crippen molar-refractivity contribution in [1.82, 2.24) is 10.2 Å². The number of hydrogen-bond donors (Lipinski definition) is 2. The Bertz CT molecular complexity index is 775. The zero-order valence-electron chi connectivity index (χ0n) is 15.6. The van der Waals surface area contributed by atoms with Crippen LogP contribution in [-0.4, -0.2) is 67.5 Å². The number of amides is 3. The Balaban J connectivity index is 1.74. The molecule has 2 fully saturated rings. The average Bonchev–Trinajstić information content (AvgIpc) is 3.24. The molecule has 3 rings (SSSR count). The standard InChI is InChI=1S/C19H23N3O6/c1-27-16(23)11-14-17(24)20-7-8-22(14)19(26)12-4-2-5-13(10-12)21-18(25)15-6-3-9-28-15/h2,4-5,10,14-15H,3,6-9,11H2,1H3,(H,20,24)(H,21,25)/t14-,15+/m1/s1. The van der Waals surface area contributed by atoms with Crippen LogP contribution in [0.25, 0.3) is 0 Å². The highest BCUT2D eigenvalue weighted by Gasteiger charge is 2.35. The Morgan fingerprint density at radius 1 is 1.36 bits per heavy atom. The molecule has 1 aromatic carbocycles. The Hall–Kier alpha value is -2.94. The van der Waals surface area contributed by atoms with Gasteiger partial charge in [-0.05, 0) is 31.0 Å². The number of rotatable bonds is 5. The highest BCUT2D eigenvalue weighted by molar-refractivity contribution is 6.01. The summed E-state index contributed by atoms with van der Waals surface area (Å²) in [6.45, 7) is 1.14. The minimum Gasteiger partial charge on any atom is -0.469 e. The van der Waals surface area contributed by atoms with Crippen molar-refractivity contribution in [3.05, 3.63) is 29.8 Å². The third-order valence-corrected chi connectivity index (χ3v) is 4.78. The molecule has 2 saturated heterocycles. The van der Waals surface area contributed by atoms with Crippen LogP contribution in [0.15, 0.2) is 24.3 Å². The minimum absolute atomic E-state index is 0.219. The maximum Gasteiger partial charge on any atom is 0.308 e. The lowest BCUT2D eigenvalue weighted by Crippen LogP contribution is -2.57. The van der Waals surface area contributed by atoms with Crippen LogP contribution in [0.4, 0.5) is 5.69 Å². The first-order chi connectivity index (χ1) is 13.5. The van der Waals surface area contributed by atoms with Crippen LogP contribution in [0.2, 0.25) is 0 Å². The van der Waals surface area contributed by atoms with Gasteiger partial charge in [0.2, 0.25) is 5.91 Å². The second kappa shape index (κ2) is 8.83. The van der Waals surface area contributed by atoms with Crippen molar-refractivity contribution in [2.45, 2.75) is 31.4 Å². The number of piperazine rings is 1. The van der Waals surface area contributed by atoms with Crippen LogP contribution in [0.5, 0.6) is 0 Å². The van der Waals surface area contributed by atoms with Crippen LogP contribution in [0.1, 0.15) is 29.6 Å². The quantitative estimate of drug-likeness (QED) is 0.701. The molecule has 2 heterocycles. The highest BCUT2D eigenvalue weighted by atomic mass is 16.5. The highest BCUT2D eigenvalue weighted by Crippen LogP contribution is 2.19. The van der Waals surface area contributed by atoms with E-state index in [1.807, 2.05) is 0 Å². The van der Waals surface area contributed by atoms with Gasteiger partial charge in [-0.2, -0.15) is 0 Å². The number of benzene rings is 1. The van der Waals surface area contributed by atoms with Crippen molar-refractivity contribution < 1.29 is 28.7 Å². The summed E-state index contributed by atoms with van der Waals surface area (Å²) in [7, 11) is 1.23. The van der Waals surface area contributed by atoms with E-state index in [9.17, 15) is 19.2 Å². The molecule has 9 heteroatoms. The summed E-state index contributed by atoms with van der Waals surface area (Å²) in [6.07, 6.45) is 0.816. The van der Waals surface area contributed by atoms with E-state index in [-0.39, 0.29) is 18.9 Å². The molecule has 0 aromatic heterocycles. The third-order valence-electron chi connectivity index (χ3n) is 4.78. The molecule has 1 aromatic rings. The fourth-order valence-corrected chi connectivity index (χ4v) is 3.30. The number of ether oxygens (including phenoxy) is 2. The number of carbonyl (C=O) groups is 4. The van der Waals surface area contributed by atoms with E-state index in [4.69, 9.17) is 4.74 Å². The second-order valence-electron chi connectivity index (χ2n) is 6.66. The van der Waals surface area contributed by atoms with Crippen molar-refractivity contribution in [2.24, 2.45) is 0 Å². The van der Waals surface area contributed by atoms with Gasteiger partial charge in [-0.3, -0.25) is 19.2 Å². The number of esters is 1. The fraction of sp³-hybridized carbons (Fsp3) is 0.474. The molecule has 0 bridgehead atoms. The molecule has 0 unspecified atom stereocenters. The zero-order chi connectivity index (χ0) is 20.1. The molecule has 0 radical (unpaired) electrons. The smallest absolute Gasteiger partial charge is 0.308 e. The second-order valence-corrected chi connectivity index (χ2v) is 6.66. The van der Waals surface area contributed by atoms with Crippen molar-refractivity contribution in [3.63, 3.8) is 0 Å². The number of methoxy groups -OCH3 is 1. The minimum atomic E-state index is -0.932. The average molecular weight is 389 g/mol. The monoisotopic (exact) mass is 389 g/mol. The van der Waals surface area contributed by atoms with Gasteiger partial charge in [0.05, 0.1) is 13.5 Å². The Kier molecular flexibility index (Phi) is 6.25. The molecule has 2 aliphatic rings. The van der Waals surface area contributed by atoms with Gasteiger partial charge < -0.3 is 25.0 Å². The largest absolute Gasteiger partial charge is 0.469 e. The number of carbonyl (C=O) groups excluding carboxylic acids is 4. The molecule has 0 aliphatic carbocycles. The first-order valence-corrected chi connectivity index (χ1v) is 9.17. The van der Waals surface area contributed by atoms with Gasteiger partial charge in [-0.25, -0.2) is 0 Å². The van der Waals surface area contributed by atoms with Crippen LogP contribution in [-0.2, 0) is 23.9 Å². The first-order valence-electron chi connectivity index (χ1n) is 9.17. The summed E-state index contributed by atoms with van der Waals surface area (Å²) in [6, 6.07) is 5.55. The van der Waals surface area contributed by atoms with Crippen LogP contribution < -0.4 is 10.6 Å². The van der Waals surface area contributed by atoms with Crippen LogP contribution >= 0.6 is 0 Å². The van der Waals surface area contributed by atoms with Crippen molar-refractivity contribution in [1.29, 1.82) is 0 Å². The number of nitrogens with zero attached hydrogens (tertiary/aromatic N) is 1. The number of anilines is 1. The summed E-state index contributed by atoms with van der Waals surface area (Å²) in [5.41, 5.74) is 0.784. The van der Waals surface area contributed by atoms with Crippen molar-refractivity contribution in [3.8, 4) is 0 Å². The maximum atomic E-state index is 13.0. The topological polar surface area (TPSA) is 114 Å². The molecule has 9 nitrogen and oxygen atoms in total. The SMILES string of the molecule is COC(=O)C[C@@H]1C(=O)NCCN1C(=O)c1cccc(NC(=O)[C@@H]2CCCO2)c1. The summed E-state index contributed by atoms with van der Waals surface area (Å²) < 4.78 is 9.99. The third kappa shape index (κ3) is 4.48. The normalized spacial score (nSPS) is 21.8. The molecule has 2 atom stereocenters. The lowest BCUT2D eigenvalue weighted by molar-refractivity contribution is -0.145. The Labute approximate surface area is 162 Å². The van der Waals surface area contributed by atoms with E-state index in [0.29, 0.717) is 30.8 Å². The summed E-state index contributed by atoms with van der Waals surface area (Å²) >= 11 is 0. The Morgan fingerprint density at radius 3 is 2.89 bits per heavy atom. The first kappa shape index (κ1) is 19.8. The van der Waals surface area contributed by atoms with Crippen molar-refractivity contribution in [2.75, 3.05) is 32.1 Å². The molecule has 3 amide bonds. The van der Waals surface area contributed by atoms with E-state index in [1.54, 1.807) is 24.3 Å². The summed E-state index contributed by atoms with van der Waals surface area (Å²) in [4.78, 5) is 50.3. The van der Waals surface area contributed by atoms with Gasteiger partial charge in [0.15, 0.2) is 0 Å². The summed E-state index contributed by atoms with van der Waals surface area (Å²) in [5, 5.41) is 5.41. The lowest BCUT2D eigenvalue weighted by atomic mass is 10.1. The predicted octanol–water partition coefficient (Wildman–Crippen LogP) is 0.308. The molecule has 2 aliphatic heterocycles. The number of nitrogens with one attached hydrogen (secondary N) is 2. The van der Waals surface area contributed by atoms with Gasteiger partial charge in [-0.15, -0.1) is 0 Å². The van der Waals surface area contributed by atoms with Gasteiger partial charge >= 0.3 is 5.97 Å². The summed E-state index contributed by atoms with van der Waals surface area (Å²) in [5.74, 6) is -1.61.